The lowest BCUT2D eigenvalue weighted by Gasteiger charge is -2.15. The molecular weight excluding hydrogens is 431 g/mol. The molecule has 1 aliphatic heterocycles. The largest absolute Gasteiger partial charge is 0.497 e. The van der Waals surface area contributed by atoms with Crippen LogP contribution in [0.3, 0.4) is 0 Å². The molecule has 0 unspecified atom stereocenters. The number of anilines is 1. The van der Waals surface area contributed by atoms with Gasteiger partial charge in [0.15, 0.2) is 16.8 Å². The predicted molar refractivity (Wildman–Crippen MR) is 121 cm³/mol. The van der Waals surface area contributed by atoms with Crippen molar-refractivity contribution in [2.24, 2.45) is 0 Å². The Bertz CT molecular complexity index is 1030. The second kappa shape index (κ2) is 10.6. The Morgan fingerprint density at radius 1 is 1.22 bits per heavy atom. The molecule has 0 bridgehead atoms. The van der Waals surface area contributed by atoms with Crippen molar-refractivity contribution in [3.63, 3.8) is 0 Å². The highest BCUT2D eigenvalue weighted by Gasteiger charge is 2.21. The zero-order chi connectivity index (χ0) is 22.3. The fourth-order valence-corrected chi connectivity index (χ4v) is 4.33. The van der Waals surface area contributed by atoms with E-state index in [1.165, 1.54) is 23.9 Å². The van der Waals surface area contributed by atoms with Crippen LogP contribution >= 0.6 is 11.8 Å². The Kier molecular flexibility index (Phi) is 7.39. The van der Waals surface area contributed by atoms with Gasteiger partial charge in [-0.05, 0) is 61.4 Å². The monoisotopic (exact) mass is 456 g/mol. The van der Waals surface area contributed by atoms with Crippen LogP contribution in [-0.4, -0.2) is 46.1 Å². The van der Waals surface area contributed by atoms with Gasteiger partial charge in [0.25, 0.3) is 0 Å². The molecule has 7 nitrogen and oxygen atoms in total. The van der Waals surface area contributed by atoms with Crippen LogP contribution in [0.25, 0.3) is 0 Å². The molecule has 168 valence electrons. The Balaban J connectivity index is 1.44. The van der Waals surface area contributed by atoms with Crippen molar-refractivity contribution < 1.29 is 18.7 Å². The summed E-state index contributed by atoms with van der Waals surface area (Å²) in [7, 11) is 1.59. The standard InChI is InChI=1S/C23H25FN4O3S/c1-30-19-10-4-16(5-11-19)21(29)15-32-23-27-26-22(28(23)14-20-3-2-12-31-20)13-25-18-8-6-17(24)7-9-18/h4-11,20,25H,2-3,12-15H2,1H3/t20-/m0/s1. The van der Waals surface area contributed by atoms with Gasteiger partial charge in [-0.15, -0.1) is 10.2 Å². The van der Waals surface area contributed by atoms with Crippen molar-refractivity contribution in [3.05, 3.63) is 65.7 Å². The van der Waals surface area contributed by atoms with Crippen molar-refractivity contribution in [1.29, 1.82) is 0 Å². The summed E-state index contributed by atoms with van der Waals surface area (Å²) in [4.78, 5) is 12.6. The summed E-state index contributed by atoms with van der Waals surface area (Å²) in [6.45, 7) is 1.82. The van der Waals surface area contributed by atoms with E-state index in [-0.39, 0.29) is 23.5 Å². The van der Waals surface area contributed by atoms with E-state index < -0.39 is 0 Å². The first-order valence-corrected chi connectivity index (χ1v) is 11.4. The number of thioether (sulfide) groups is 1. The van der Waals surface area contributed by atoms with E-state index in [2.05, 4.69) is 15.5 Å². The first-order valence-electron chi connectivity index (χ1n) is 10.5. The van der Waals surface area contributed by atoms with Crippen LogP contribution in [0, 0.1) is 5.82 Å². The minimum Gasteiger partial charge on any atom is -0.497 e. The number of ether oxygens (including phenoxy) is 2. The highest BCUT2D eigenvalue weighted by Crippen LogP contribution is 2.23. The number of rotatable bonds is 10. The second-order valence-electron chi connectivity index (χ2n) is 7.45. The molecule has 2 aromatic carbocycles. The van der Waals surface area contributed by atoms with Gasteiger partial charge in [0.2, 0.25) is 0 Å². The first-order chi connectivity index (χ1) is 15.6. The summed E-state index contributed by atoms with van der Waals surface area (Å²) in [5.41, 5.74) is 1.42. The molecule has 0 aliphatic carbocycles. The van der Waals surface area contributed by atoms with Crippen LogP contribution < -0.4 is 10.1 Å². The molecule has 9 heteroatoms. The third-order valence-electron chi connectivity index (χ3n) is 5.24. The van der Waals surface area contributed by atoms with E-state index in [9.17, 15) is 9.18 Å². The van der Waals surface area contributed by atoms with Gasteiger partial charge in [-0.25, -0.2) is 4.39 Å². The molecule has 1 saturated heterocycles. The van der Waals surface area contributed by atoms with Crippen LogP contribution in [0.2, 0.25) is 0 Å². The maximum absolute atomic E-state index is 13.2. The number of nitrogens with zero attached hydrogens (tertiary/aromatic N) is 3. The predicted octanol–water partition coefficient (Wildman–Crippen LogP) is 4.19. The van der Waals surface area contributed by atoms with E-state index in [1.807, 2.05) is 4.57 Å². The molecule has 1 atom stereocenters. The Morgan fingerprint density at radius 3 is 2.69 bits per heavy atom. The van der Waals surface area contributed by atoms with Crippen LogP contribution in [-0.2, 0) is 17.8 Å². The maximum Gasteiger partial charge on any atom is 0.191 e. The van der Waals surface area contributed by atoms with Gasteiger partial charge in [0.1, 0.15) is 11.6 Å². The van der Waals surface area contributed by atoms with Crippen LogP contribution in [0.15, 0.2) is 53.7 Å². The quantitative estimate of drug-likeness (QED) is 0.362. The van der Waals surface area contributed by atoms with E-state index in [0.717, 1.165) is 31.0 Å². The number of halogens is 1. The molecule has 1 aromatic heterocycles. The molecular formula is C23H25FN4O3S. The topological polar surface area (TPSA) is 78.3 Å². The number of Topliss-reactive ketones (excluding diaryl/α,β-unsaturated/α-hetero) is 1. The van der Waals surface area contributed by atoms with Gasteiger partial charge in [-0.3, -0.25) is 4.79 Å². The number of carbonyl (C=O) groups is 1. The van der Waals surface area contributed by atoms with Crippen molar-refractivity contribution in [2.75, 3.05) is 24.8 Å². The Morgan fingerprint density at radius 2 is 2.00 bits per heavy atom. The minimum atomic E-state index is -0.280. The third kappa shape index (κ3) is 5.66. The zero-order valence-electron chi connectivity index (χ0n) is 17.8. The molecule has 32 heavy (non-hydrogen) atoms. The fraction of sp³-hybridized carbons (Fsp3) is 0.348. The number of ketones is 1. The smallest absolute Gasteiger partial charge is 0.191 e. The van der Waals surface area contributed by atoms with E-state index in [0.29, 0.717) is 29.6 Å². The van der Waals surface area contributed by atoms with Crippen molar-refractivity contribution in [3.8, 4) is 5.75 Å². The summed E-state index contributed by atoms with van der Waals surface area (Å²) in [6, 6.07) is 13.2. The summed E-state index contributed by atoms with van der Waals surface area (Å²) in [5.74, 6) is 1.43. The molecule has 0 saturated carbocycles. The first kappa shape index (κ1) is 22.3. The van der Waals surface area contributed by atoms with E-state index in [4.69, 9.17) is 9.47 Å². The number of hydrogen-bond donors (Lipinski definition) is 1. The number of aromatic nitrogens is 3. The van der Waals surface area contributed by atoms with Crippen LogP contribution in [0.5, 0.6) is 5.75 Å². The average Bonchev–Trinajstić information content (AvgIpc) is 3.47. The van der Waals surface area contributed by atoms with Gasteiger partial charge in [-0.1, -0.05) is 11.8 Å². The molecule has 1 aliphatic rings. The van der Waals surface area contributed by atoms with Crippen molar-refractivity contribution in [2.45, 2.75) is 37.2 Å². The zero-order valence-corrected chi connectivity index (χ0v) is 18.6. The Labute approximate surface area is 190 Å². The lowest BCUT2D eigenvalue weighted by molar-refractivity contribution is 0.0942. The van der Waals surface area contributed by atoms with Gasteiger partial charge in [0, 0.05) is 17.9 Å². The van der Waals surface area contributed by atoms with Gasteiger partial charge in [-0.2, -0.15) is 0 Å². The summed E-state index contributed by atoms with van der Waals surface area (Å²) >= 11 is 1.36. The lowest BCUT2D eigenvalue weighted by Crippen LogP contribution is -2.19. The molecule has 0 amide bonds. The summed E-state index contributed by atoms with van der Waals surface area (Å²) in [6.07, 6.45) is 2.12. The number of carbonyl (C=O) groups excluding carboxylic acids is 1. The SMILES string of the molecule is COc1ccc(C(=O)CSc2nnc(CNc3ccc(F)cc3)n2C[C@@H]2CCCO2)cc1. The third-order valence-corrected chi connectivity index (χ3v) is 6.21. The number of nitrogens with one attached hydrogen (secondary N) is 1. The highest BCUT2D eigenvalue weighted by atomic mass is 32.2. The highest BCUT2D eigenvalue weighted by molar-refractivity contribution is 7.99. The number of methoxy groups -OCH3 is 1. The molecule has 2 heterocycles. The molecule has 0 spiro atoms. The molecule has 4 rings (SSSR count). The van der Waals surface area contributed by atoms with Gasteiger partial charge >= 0.3 is 0 Å². The van der Waals surface area contributed by atoms with E-state index >= 15 is 0 Å². The van der Waals surface area contributed by atoms with Crippen molar-refractivity contribution >= 4 is 23.2 Å². The molecule has 3 aromatic rings. The van der Waals surface area contributed by atoms with Gasteiger partial charge < -0.3 is 19.4 Å². The van der Waals surface area contributed by atoms with E-state index in [1.54, 1.807) is 43.5 Å². The number of benzene rings is 2. The van der Waals surface area contributed by atoms with Gasteiger partial charge in [0.05, 0.1) is 32.1 Å². The average molecular weight is 457 g/mol. The maximum atomic E-state index is 13.2. The Hall–Kier alpha value is -2.91. The summed E-state index contributed by atoms with van der Waals surface area (Å²) < 4.78 is 26.1. The number of hydrogen-bond acceptors (Lipinski definition) is 7. The normalized spacial score (nSPS) is 15.6. The molecule has 0 radical (unpaired) electrons. The van der Waals surface area contributed by atoms with Crippen LogP contribution in [0.4, 0.5) is 10.1 Å². The minimum absolute atomic E-state index is 0.00954. The summed E-state index contributed by atoms with van der Waals surface area (Å²) in [5, 5.41) is 12.6. The fourth-order valence-electron chi connectivity index (χ4n) is 3.47. The second-order valence-corrected chi connectivity index (χ2v) is 8.39. The lowest BCUT2D eigenvalue weighted by atomic mass is 10.1. The molecule has 1 N–H and O–H groups in total. The van der Waals surface area contributed by atoms with Crippen molar-refractivity contribution in [1.82, 2.24) is 14.8 Å². The molecule has 1 fully saturated rings. The van der Waals surface area contributed by atoms with Crippen LogP contribution in [0.1, 0.15) is 29.0 Å².